The van der Waals surface area contributed by atoms with E-state index in [1.165, 1.54) is 16.4 Å². The average molecular weight is 286 g/mol. The van der Waals surface area contributed by atoms with Gasteiger partial charge in [-0.3, -0.25) is 0 Å². The van der Waals surface area contributed by atoms with E-state index in [4.69, 9.17) is 10.00 Å². The molecule has 2 unspecified atom stereocenters. The van der Waals surface area contributed by atoms with Crippen LogP contribution < -0.4 is 0 Å². The summed E-state index contributed by atoms with van der Waals surface area (Å²) in [7, 11) is -3.50. The lowest BCUT2D eigenvalue weighted by atomic mass is 10.3. The second kappa shape index (κ2) is 4.97. The van der Waals surface area contributed by atoms with Crippen LogP contribution in [-0.4, -0.2) is 38.0 Å². The van der Waals surface area contributed by atoms with Gasteiger partial charge in [-0.2, -0.15) is 9.57 Å². The molecule has 5 nitrogen and oxygen atoms in total. The summed E-state index contributed by atoms with van der Waals surface area (Å²) in [6.07, 6.45) is -0.224. The number of hydrogen-bond acceptors (Lipinski definition) is 5. The van der Waals surface area contributed by atoms with Crippen LogP contribution in [0.4, 0.5) is 0 Å². The zero-order chi connectivity index (χ0) is 13.3. The van der Waals surface area contributed by atoms with Crippen molar-refractivity contribution in [3.63, 3.8) is 0 Å². The molecule has 1 fully saturated rings. The molecule has 18 heavy (non-hydrogen) atoms. The number of sulfonamides is 1. The van der Waals surface area contributed by atoms with Crippen LogP contribution in [0.15, 0.2) is 16.3 Å². The van der Waals surface area contributed by atoms with E-state index in [2.05, 4.69) is 0 Å². The van der Waals surface area contributed by atoms with Gasteiger partial charge in [0.05, 0.1) is 12.2 Å². The van der Waals surface area contributed by atoms with Crippen LogP contribution in [0.1, 0.15) is 18.7 Å². The van der Waals surface area contributed by atoms with Crippen molar-refractivity contribution in [2.24, 2.45) is 0 Å². The van der Waals surface area contributed by atoms with E-state index in [0.717, 1.165) is 11.3 Å². The standard InChI is InChI=1S/C11H14N2O3S2/c1-8-6-13(7-9(2)16-8)18(14,15)11-4-3-10(5-12)17-11/h3-4,8-9H,6-7H2,1-2H3. The Kier molecular flexibility index (Phi) is 3.73. The number of ether oxygens (including phenoxy) is 1. The molecule has 0 aromatic carbocycles. The van der Waals surface area contributed by atoms with Crippen LogP contribution in [0, 0.1) is 11.3 Å². The lowest BCUT2D eigenvalue weighted by Gasteiger charge is -2.34. The molecule has 1 aliphatic rings. The molecule has 0 amide bonds. The second-order valence-electron chi connectivity index (χ2n) is 4.31. The van der Waals surface area contributed by atoms with Crippen LogP contribution in [0.25, 0.3) is 0 Å². The molecule has 1 aromatic rings. The molecule has 2 atom stereocenters. The summed E-state index contributed by atoms with van der Waals surface area (Å²) < 4.78 is 31.9. The summed E-state index contributed by atoms with van der Waals surface area (Å²) in [5.41, 5.74) is 0. The molecular weight excluding hydrogens is 272 g/mol. The monoisotopic (exact) mass is 286 g/mol. The SMILES string of the molecule is CC1CN(S(=O)(=O)c2ccc(C#N)s2)CC(C)O1. The predicted molar refractivity (Wildman–Crippen MR) is 67.8 cm³/mol. The maximum absolute atomic E-state index is 12.4. The Morgan fingerprint density at radius 2 is 2.00 bits per heavy atom. The van der Waals surface area contributed by atoms with Gasteiger partial charge < -0.3 is 4.74 Å². The summed E-state index contributed by atoms with van der Waals surface area (Å²) in [5, 5.41) is 8.74. The highest BCUT2D eigenvalue weighted by atomic mass is 32.2. The molecule has 0 N–H and O–H groups in total. The molecule has 0 spiro atoms. The van der Waals surface area contributed by atoms with Gasteiger partial charge in [0.1, 0.15) is 15.2 Å². The van der Waals surface area contributed by atoms with Crippen molar-refractivity contribution < 1.29 is 13.2 Å². The Hall–Kier alpha value is -0.940. The fourth-order valence-corrected chi connectivity index (χ4v) is 4.82. The minimum atomic E-state index is -3.50. The topological polar surface area (TPSA) is 70.4 Å². The maximum atomic E-state index is 12.4. The number of nitriles is 1. The third-order valence-corrected chi connectivity index (χ3v) is 5.96. The van der Waals surface area contributed by atoms with Gasteiger partial charge in [0.15, 0.2) is 0 Å². The fraction of sp³-hybridized carbons (Fsp3) is 0.545. The van der Waals surface area contributed by atoms with E-state index >= 15 is 0 Å². The first-order valence-corrected chi connectivity index (χ1v) is 7.84. The minimum Gasteiger partial charge on any atom is -0.373 e. The van der Waals surface area contributed by atoms with E-state index < -0.39 is 10.0 Å². The summed E-state index contributed by atoms with van der Waals surface area (Å²) >= 11 is 1.00. The number of rotatable bonds is 2. The van der Waals surface area contributed by atoms with Gasteiger partial charge >= 0.3 is 0 Å². The number of nitrogens with zero attached hydrogens (tertiary/aromatic N) is 2. The quantitative estimate of drug-likeness (QED) is 0.824. The molecule has 0 aliphatic carbocycles. The Balaban J connectivity index is 2.28. The van der Waals surface area contributed by atoms with Gasteiger partial charge in [0.2, 0.25) is 0 Å². The number of thiophene rings is 1. The summed E-state index contributed by atoms with van der Waals surface area (Å²) in [5.74, 6) is 0. The summed E-state index contributed by atoms with van der Waals surface area (Å²) in [4.78, 5) is 0.405. The van der Waals surface area contributed by atoms with E-state index in [1.54, 1.807) is 0 Å². The van der Waals surface area contributed by atoms with Crippen molar-refractivity contribution in [1.29, 1.82) is 5.26 Å². The first-order chi connectivity index (χ1) is 8.43. The first-order valence-electron chi connectivity index (χ1n) is 5.59. The third-order valence-electron chi connectivity index (χ3n) is 2.67. The van der Waals surface area contributed by atoms with Crippen molar-refractivity contribution >= 4 is 21.4 Å². The van der Waals surface area contributed by atoms with E-state index in [1.807, 2.05) is 19.9 Å². The average Bonchev–Trinajstić information content (AvgIpc) is 2.76. The highest BCUT2D eigenvalue weighted by molar-refractivity contribution is 7.91. The summed E-state index contributed by atoms with van der Waals surface area (Å²) in [6, 6.07) is 4.97. The van der Waals surface area contributed by atoms with E-state index in [9.17, 15) is 8.42 Å². The van der Waals surface area contributed by atoms with Crippen LogP contribution in [0.2, 0.25) is 0 Å². The molecule has 0 saturated carbocycles. The molecule has 0 bridgehead atoms. The predicted octanol–water partition coefficient (Wildman–Crippen LogP) is 1.42. The van der Waals surface area contributed by atoms with Crippen LogP contribution in [0.5, 0.6) is 0 Å². The van der Waals surface area contributed by atoms with Gasteiger partial charge in [-0.25, -0.2) is 8.42 Å². The molecule has 7 heteroatoms. The van der Waals surface area contributed by atoms with Gasteiger partial charge in [-0.1, -0.05) is 0 Å². The van der Waals surface area contributed by atoms with Gasteiger partial charge in [-0.15, -0.1) is 11.3 Å². The number of morpholine rings is 1. The van der Waals surface area contributed by atoms with Crippen LogP contribution >= 0.6 is 11.3 Å². The van der Waals surface area contributed by atoms with Crippen molar-refractivity contribution in [1.82, 2.24) is 4.31 Å². The lowest BCUT2D eigenvalue weighted by molar-refractivity contribution is -0.0440. The Morgan fingerprint density at radius 3 is 2.50 bits per heavy atom. The second-order valence-corrected chi connectivity index (χ2v) is 7.56. The Labute approximate surface area is 111 Å². The molecule has 1 aromatic heterocycles. The Morgan fingerprint density at radius 1 is 1.39 bits per heavy atom. The molecule has 1 aliphatic heterocycles. The van der Waals surface area contributed by atoms with Crippen molar-refractivity contribution in [3.05, 3.63) is 17.0 Å². The highest BCUT2D eigenvalue weighted by Crippen LogP contribution is 2.26. The summed E-state index contributed by atoms with van der Waals surface area (Å²) in [6.45, 7) is 4.42. The largest absolute Gasteiger partial charge is 0.373 e. The van der Waals surface area contributed by atoms with Gasteiger partial charge in [-0.05, 0) is 26.0 Å². The van der Waals surface area contributed by atoms with E-state index in [0.29, 0.717) is 18.0 Å². The van der Waals surface area contributed by atoms with Crippen molar-refractivity contribution in [2.75, 3.05) is 13.1 Å². The molecular formula is C11H14N2O3S2. The van der Waals surface area contributed by atoms with Gasteiger partial charge in [0.25, 0.3) is 10.0 Å². The minimum absolute atomic E-state index is 0.112. The Bertz CT molecular complexity index is 563. The zero-order valence-corrected chi connectivity index (χ0v) is 11.8. The van der Waals surface area contributed by atoms with Gasteiger partial charge in [0, 0.05) is 13.1 Å². The molecule has 1 saturated heterocycles. The molecule has 2 heterocycles. The van der Waals surface area contributed by atoms with Crippen molar-refractivity contribution in [2.45, 2.75) is 30.3 Å². The molecule has 98 valence electrons. The third kappa shape index (κ3) is 2.57. The van der Waals surface area contributed by atoms with Crippen molar-refractivity contribution in [3.8, 4) is 6.07 Å². The number of hydrogen-bond donors (Lipinski definition) is 0. The van der Waals surface area contributed by atoms with E-state index in [-0.39, 0.29) is 16.4 Å². The highest BCUT2D eigenvalue weighted by Gasteiger charge is 2.33. The first kappa shape index (κ1) is 13.5. The lowest BCUT2D eigenvalue weighted by Crippen LogP contribution is -2.47. The normalized spacial score (nSPS) is 25.8. The molecule has 2 rings (SSSR count). The maximum Gasteiger partial charge on any atom is 0.252 e. The smallest absolute Gasteiger partial charge is 0.252 e. The zero-order valence-electron chi connectivity index (χ0n) is 10.2. The van der Waals surface area contributed by atoms with Crippen LogP contribution in [0.3, 0.4) is 0 Å². The van der Waals surface area contributed by atoms with Crippen LogP contribution in [-0.2, 0) is 14.8 Å². The fourth-order valence-electron chi connectivity index (χ4n) is 1.97. The molecule has 0 radical (unpaired) electrons.